The number of methoxy groups -OCH3 is 1. The Morgan fingerprint density at radius 3 is 2.86 bits per heavy atom. The van der Waals surface area contributed by atoms with E-state index in [0.29, 0.717) is 22.1 Å². The summed E-state index contributed by atoms with van der Waals surface area (Å²) >= 11 is 1.39. The molecule has 0 aliphatic heterocycles. The highest BCUT2D eigenvalue weighted by atomic mass is 32.1. The molecular formula is C14H13N3O3S. The molecule has 0 atom stereocenters. The first kappa shape index (κ1) is 13.6. The lowest BCUT2D eigenvalue weighted by atomic mass is 10.2. The van der Waals surface area contributed by atoms with E-state index in [4.69, 9.17) is 9.26 Å². The Morgan fingerprint density at radius 1 is 1.38 bits per heavy atom. The van der Waals surface area contributed by atoms with E-state index in [0.717, 1.165) is 16.0 Å². The maximum atomic E-state index is 12.2. The third kappa shape index (κ3) is 2.47. The molecular weight excluding hydrogens is 290 g/mol. The number of anilines is 1. The normalized spacial score (nSPS) is 10.8. The highest BCUT2D eigenvalue weighted by Gasteiger charge is 2.18. The second-order valence-electron chi connectivity index (χ2n) is 4.51. The highest BCUT2D eigenvalue weighted by Crippen LogP contribution is 2.29. The Hall–Kier alpha value is -2.41. The number of aromatic nitrogens is 2. The smallest absolute Gasteiger partial charge is 0.262 e. The van der Waals surface area contributed by atoms with Crippen LogP contribution in [0.3, 0.4) is 0 Å². The van der Waals surface area contributed by atoms with Crippen molar-refractivity contribution in [3.8, 4) is 5.75 Å². The van der Waals surface area contributed by atoms with E-state index in [-0.39, 0.29) is 5.91 Å². The molecule has 3 rings (SSSR count). The van der Waals surface area contributed by atoms with Crippen LogP contribution in [0.4, 0.5) is 5.13 Å². The molecule has 1 N–H and O–H groups in total. The van der Waals surface area contributed by atoms with Crippen LogP contribution in [-0.2, 0) is 0 Å². The van der Waals surface area contributed by atoms with Gasteiger partial charge in [0.25, 0.3) is 5.91 Å². The Morgan fingerprint density at radius 2 is 2.19 bits per heavy atom. The molecule has 21 heavy (non-hydrogen) atoms. The number of carbonyl (C=O) groups excluding carboxylic acids is 1. The molecule has 1 amide bonds. The van der Waals surface area contributed by atoms with Gasteiger partial charge in [0.1, 0.15) is 17.1 Å². The van der Waals surface area contributed by atoms with E-state index < -0.39 is 0 Å². The molecule has 3 aromatic rings. The number of fused-ring (bicyclic) bond motifs is 1. The second-order valence-corrected chi connectivity index (χ2v) is 5.54. The Labute approximate surface area is 124 Å². The Kier molecular flexibility index (Phi) is 3.34. The van der Waals surface area contributed by atoms with E-state index in [1.807, 2.05) is 18.2 Å². The lowest BCUT2D eigenvalue weighted by Crippen LogP contribution is -2.13. The zero-order valence-electron chi connectivity index (χ0n) is 11.8. The van der Waals surface area contributed by atoms with Crippen molar-refractivity contribution in [1.82, 2.24) is 10.1 Å². The van der Waals surface area contributed by atoms with Crippen molar-refractivity contribution in [2.75, 3.05) is 12.4 Å². The van der Waals surface area contributed by atoms with Gasteiger partial charge in [-0.15, -0.1) is 0 Å². The topological polar surface area (TPSA) is 77.2 Å². The van der Waals surface area contributed by atoms with Crippen LogP contribution in [0.1, 0.15) is 21.8 Å². The molecule has 0 radical (unpaired) electrons. The van der Waals surface area contributed by atoms with Crippen LogP contribution in [0.2, 0.25) is 0 Å². The molecule has 0 aliphatic rings. The quantitative estimate of drug-likeness (QED) is 0.804. The van der Waals surface area contributed by atoms with Crippen LogP contribution in [0, 0.1) is 13.8 Å². The lowest BCUT2D eigenvalue weighted by Gasteiger charge is -1.99. The monoisotopic (exact) mass is 303 g/mol. The van der Waals surface area contributed by atoms with Gasteiger partial charge in [-0.25, -0.2) is 4.98 Å². The molecule has 6 nitrogen and oxygen atoms in total. The van der Waals surface area contributed by atoms with E-state index in [1.54, 1.807) is 21.0 Å². The third-order valence-electron chi connectivity index (χ3n) is 3.08. The standard InChI is InChI=1S/C14H13N3O3S/c1-7-12(8(2)20-17-7)13(18)16-14-15-10-5-4-9(19-3)6-11(10)21-14/h4-6H,1-3H3,(H,15,16,18). The number of amides is 1. The molecule has 0 saturated heterocycles. The summed E-state index contributed by atoms with van der Waals surface area (Å²) in [5.41, 5.74) is 1.83. The highest BCUT2D eigenvalue weighted by molar-refractivity contribution is 7.22. The van der Waals surface area contributed by atoms with Gasteiger partial charge in [-0.05, 0) is 32.0 Å². The number of hydrogen-bond acceptors (Lipinski definition) is 6. The average Bonchev–Trinajstić information content (AvgIpc) is 3.00. The molecule has 2 aromatic heterocycles. The number of nitrogens with one attached hydrogen (secondary N) is 1. The van der Waals surface area contributed by atoms with Crippen LogP contribution in [0.5, 0.6) is 5.75 Å². The van der Waals surface area contributed by atoms with Crippen LogP contribution in [0.15, 0.2) is 22.7 Å². The van der Waals surface area contributed by atoms with Crippen LogP contribution in [0.25, 0.3) is 10.2 Å². The van der Waals surface area contributed by atoms with Gasteiger partial charge in [0.15, 0.2) is 5.13 Å². The van der Waals surface area contributed by atoms with Crippen molar-refractivity contribution in [2.24, 2.45) is 0 Å². The molecule has 2 heterocycles. The minimum atomic E-state index is -0.266. The van der Waals surface area contributed by atoms with Crippen molar-refractivity contribution >= 4 is 32.6 Å². The summed E-state index contributed by atoms with van der Waals surface area (Å²) < 4.78 is 11.1. The van der Waals surface area contributed by atoms with Gasteiger partial charge < -0.3 is 9.26 Å². The summed E-state index contributed by atoms with van der Waals surface area (Å²) in [7, 11) is 1.61. The number of aryl methyl sites for hydroxylation is 2. The Balaban J connectivity index is 1.89. The van der Waals surface area contributed by atoms with Gasteiger partial charge in [0, 0.05) is 0 Å². The second kappa shape index (κ2) is 5.17. The number of benzene rings is 1. The van der Waals surface area contributed by atoms with Crippen LogP contribution < -0.4 is 10.1 Å². The molecule has 0 saturated carbocycles. The van der Waals surface area contributed by atoms with E-state index >= 15 is 0 Å². The molecule has 0 bridgehead atoms. The van der Waals surface area contributed by atoms with E-state index in [9.17, 15) is 4.79 Å². The lowest BCUT2D eigenvalue weighted by molar-refractivity contribution is 0.102. The largest absolute Gasteiger partial charge is 0.497 e. The molecule has 1 aromatic carbocycles. The van der Waals surface area contributed by atoms with Gasteiger partial charge in [-0.2, -0.15) is 0 Å². The first-order chi connectivity index (χ1) is 10.1. The van der Waals surface area contributed by atoms with Crippen molar-refractivity contribution < 1.29 is 14.1 Å². The number of ether oxygens (including phenoxy) is 1. The minimum Gasteiger partial charge on any atom is -0.497 e. The summed E-state index contributed by atoms with van der Waals surface area (Å²) in [5.74, 6) is 0.986. The predicted octanol–water partition coefficient (Wildman–Crippen LogP) is 3.16. The third-order valence-corrected chi connectivity index (χ3v) is 4.01. The summed E-state index contributed by atoms with van der Waals surface area (Å²) in [6.45, 7) is 3.44. The zero-order valence-corrected chi connectivity index (χ0v) is 12.6. The van der Waals surface area contributed by atoms with Gasteiger partial charge >= 0.3 is 0 Å². The summed E-state index contributed by atoms with van der Waals surface area (Å²) in [6, 6.07) is 5.58. The van der Waals surface area contributed by atoms with Gasteiger partial charge in [-0.3, -0.25) is 10.1 Å². The number of thiazole rings is 1. The summed E-state index contributed by atoms with van der Waals surface area (Å²) in [6.07, 6.45) is 0. The average molecular weight is 303 g/mol. The van der Waals surface area contributed by atoms with Crippen molar-refractivity contribution in [1.29, 1.82) is 0 Å². The molecule has 108 valence electrons. The first-order valence-electron chi connectivity index (χ1n) is 6.27. The van der Waals surface area contributed by atoms with Crippen molar-refractivity contribution in [2.45, 2.75) is 13.8 Å². The van der Waals surface area contributed by atoms with E-state index in [1.165, 1.54) is 11.3 Å². The van der Waals surface area contributed by atoms with Gasteiger partial charge in [-0.1, -0.05) is 16.5 Å². The predicted molar refractivity (Wildman–Crippen MR) is 80.1 cm³/mol. The van der Waals surface area contributed by atoms with Gasteiger partial charge in [0.2, 0.25) is 0 Å². The van der Waals surface area contributed by atoms with Crippen molar-refractivity contribution in [3.05, 3.63) is 35.2 Å². The maximum Gasteiger partial charge on any atom is 0.262 e. The number of carbonyl (C=O) groups is 1. The number of rotatable bonds is 3. The van der Waals surface area contributed by atoms with Crippen molar-refractivity contribution in [3.63, 3.8) is 0 Å². The molecule has 0 fully saturated rings. The molecule has 7 heteroatoms. The number of nitrogens with zero attached hydrogens (tertiary/aromatic N) is 2. The first-order valence-corrected chi connectivity index (χ1v) is 7.09. The van der Waals surface area contributed by atoms with Crippen LogP contribution in [-0.4, -0.2) is 23.2 Å². The van der Waals surface area contributed by atoms with E-state index in [2.05, 4.69) is 15.5 Å². The summed E-state index contributed by atoms with van der Waals surface area (Å²) in [5, 5.41) is 7.09. The fraction of sp³-hybridized carbons (Fsp3) is 0.214. The fourth-order valence-corrected chi connectivity index (χ4v) is 2.94. The Bertz CT molecular complexity index is 803. The van der Waals surface area contributed by atoms with Crippen LogP contribution >= 0.6 is 11.3 Å². The zero-order chi connectivity index (χ0) is 15.0. The molecule has 0 aliphatic carbocycles. The molecule has 0 spiro atoms. The fourth-order valence-electron chi connectivity index (χ4n) is 2.05. The minimum absolute atomic E-state index is 0.266. The SMILES string of the molecule is COc1ccc2nc(NC(=O)c3c(C)noc3C)sc2c1. The summed E-state index contributed by atoms with van der Waals surface area (Å²) in [4.78, 5) is 16.6. The maximum absolute atomic E-state index is 12.2. The van der Waals surface area contributed by atoms with Gasteiger partial charge in [0.05, 0.1) is 23.0 Å². The number of hydrogen-bond donors (Lipinski definition) is 1. The molecule has 0 unspecified atom stereocenters.